The van der Waals surface area contributed by atoms with E-state index in [2.05, 4.69) is 50.2 Å². The van der Waals surface area contributed by atoms with Gasteiger partial charge < -0.3 is 15.6 Å². The summed E-state index contributed by atoms with van der Waals surface area (Å²) < 4.78 is 6.32. The molecule has 4 N–H and O–H groups in total. The van der Waals surface area contributed by atoms with Crippen molar-refractivity contribution in [1.29, 1.82) is 10.7 Å². The highest BCUT2D eigenvalue weighted by Crippen LogP contribution is 2.37. The molecule has 1 aliphatic heterocycles. The summed E-state index contributed by atoms with van der Waals surface area (Å²) in [6, 6.07) is 5.29. The molecule has 1 aromatic heterocycles. The Morgan fingerprint density at radius 1 is 1.54 bits per heavy atom. The van der Waals surface area contributed by atoms with Crippen LogP contribution in [0.3, 0.4) is 0 Å². The zero-order chi connectivity index (χ0) is 21.1. The molecule has 0 unspecified atom stereocenters. The number of hydroxylamine groups is 2. The minimum Gasteiger partial charge on any atom is -0.383 e. The number of hydrogen-bond acceptors (Lipinski definition) is 7. The summed E-state index contributed by atoms with van der Waals surface area (Å²) in [5, 5.41) is 21.6. The Kier molecular flexibility index (Phi) is 6.26. The lowest BCUT2D eigenvalue weighted by Crippen LogP contribution is -2.49. The van der Waals surface area contributed by atoms with E-state index in [1.54, 1.807) is 24.5 Å². The molecule has 0 spiro atoms. The number of aliphatic imine (C=N–C) groups is 1. The molecule has 1 aliphatic rings. The summed E-state index contributed by atoms with van der Waals surface area (Å²) in [4.78, 5) is 8.93. The van der Waals surface area contributed by atoms with Crippen molar-refractivity contribution in [3.05, 3.63) is 35.7 Å². The van der Waals surface area contributed by atoms with Crippen molar-refractivity contribution in [3.8, 4) is 6.07 Å². The maximum Gasteiger partial charge on any atom is 0.229 e. The molecule has 28 heavy (non-hydrogen) atoms. The second kappa shape index (κ2) is 8.12. The van der Waals surface area contributed by atoms with E-state index in [9.17, 15) is 5.26 Å². The van der Waals surface area contributed by atoms with Gasteiger partial charge in [0.2, 0.25) is 8.32 Å². The van der Waals surface area contributed by atoms with Gasteiger partial charge in [-0.2, -0.15) is 5.26 Å². The highest BCUT2D eigenvalue weighted by atomic mass is 28.4. The molecular formula is C19H29N7OSi. The summed E-state index contributed by atoms with van der Waals surface area (Å²) in [6.45, 7) is 12.5. The summed E-state index contributed by atoms with van der Waals surface area (Å²) in [6.07, 6.45) is 4.39. The Labute approximate surface area is 167 Å². The molecular weight excluding hydrogens is 370 g/mol. The maximum absolute atomic E-state index is 9.20. The van der Waals surface area contributed by atoms with Crippen LogP contribution in [0.25, 0.3) is 0 Å². The molecule has 0 aromatic carbocycles. The quantitative estimate of drug-likeness (QED) is 0.292. The van der Waals surface area contributed by atoms with Crippen molar-refractivity contribution in [2.24, 2.45) is 4.99 Å². The van der Waals surface area contributed by atoms with Gasteiger partial charge >= 0.3 is 0 Å². The first-order chi connectivity index (χ1) is 13.0. The number of aromatic nitrogens is 1. The number of pyridine rings is 1. The van der Waals surface area contributed by atoms with Crippen LogP contribution in [0.4, 0.5) is 5.82 Å². The van der Waals surface area contributed by atoms with Crippen molar-refractivity contribution in [3.63, 3.8) is 0 Å². The van der Waals surface area contributed by atoms with Gasteiger partial charge in [0.15, 0.2) is 5.84 Å². The van der Waals surface area contributed by atoms with E-state index >= 15 is 0 Å². The van der Waals surface area contributed by atoms with Crippen LogP contribution in [0, 0.1) is 16.7 Å². The molecule has 2 atom stereocenters. The van der Waals surface area contributed by atoms with Crippen molar-refractivity contribution in [2.45, 2.75) is 57.9 Å². The summed E-state index contributed by atoms with van der Waals surface area (Å²) in [7, 11) is -2.24. The van der Waals surface area contributed by atoms with E-state index in [1.807, 2.05) is 6.92 Å². The lowest BCUT2D eigenvalue weighted by Gasteiger charge is -2.39. The maximum atomic E-state index is 9.20. The molecule has 0 fully saturated rings. The predicted octanol–water partition coefficient (Wildman–Crippen LogP) is 3.02. The monoisotopic (exact) mass is 399 g/mol. The molecule has 150 valence electrons. The lowest BCUT2D eigenvalue weighted by molar-refractivity contribution is 0.0823. The van der Waals surface area contributed by atoms with E-state index in [1.165, 1.54) is 5.06 Å². The summed E-state index contributed by atoms with van der Waals surface area (Å²) in [5.41, 5.74) is 7.32. The number of nitrogen functional groups attached to an aromatic ring is 1. The Balaban J connectivity index is 2.47. The first kappa shape index (κ1) is 21.6. The van der Waals surface area contributed by atoms with E-state index < -0.39 is 8.32 Å². The average molecular weight is 400 g/mol. The first-order valence-corrected chi connectivity index (χ1v) is 12.1. The lowest BCUT2D eigenvalue weighted by atomic mass is 9.97. The van der Waals surface area contributed by atoms with Crippen LogP contribution < -0.4 is 11.1 Å². The largest absolute Gasteiger partial charge is 0.383 e. The van der Waals surface area contributed by atoms with Gasteiger partial charge in [0, 0.05) is 12.4 Å². The summed E-state index contributed by atoms with van der Waals surface area (Å²) in [5.74, 6) is 0.709. The topological polar surface area (TPSA) is 123 Å². The summed E-state index contributed by atoms with van der Waals surface area (Å²) >= 11 is 0. The molecule has 9 heteroatoms. The zero-order valence-electron chi connectivity index (χ0n) is 17.3. The number of nitrogens with two attached hydrogens (primary N) is 1. The number of anilines is 1. The molecule has 0 amide bonds. The van der Waals surface area contributed by atoms with Gasteiger partial charge in [-0.25, -0.2) is 10.0 Å². The van der Waals surface area contributed by atoms with E-state index in [0.717, 1.165) is 6.34 Å². The number of rotatable bonds is 6. The third kappa shape index (κ3) is 4.40. The van der Waals surface area contributed by atoms with Crippen LogP contribution >= 0.6 is 0 Å². The van der Waals surface area contributed by atoms with Crippen molar-refractivity contribution in [1.82, 2.24) is 15.4 Å². The van der Waals surface area contributed by atoms with Gasteiger partial charge in [0.25, 0.3) is 0 Å². The van der Waals surface area contributed by atoms with Gasteiger partial charge in [-0.1, -0.05) is 20.8 Å². The fraction of sp³-hybridized carbons (Fsp3) is 0.474. The molecule has 0 radical (unpaired) electrons. The zero-order valence-corrected chi connectivity index (χ0v) is 18.3. The number of hydrogen-bond donors (Lipinski definition) is 3. The number of amidine groups is 1. The SMILES string of the molecule is C[C@@H](/N=C(/c1cccnc1N)N(C=N)O[Si](C)(C)C(C)(C)C)[C@H]1NC=C1C#N. The van der Waals surface area contributed by atoms with E-state index in [4.69, 9.17) is 20.7 Å². The standard InChI is InChI=1S/C19H29N7OSi/c1-13(16-14(10-20)11-24-16)25-18(15-8-7-9-23-17(15)22)26(12-21)27-28(5,6)19(2,3)4/h7-9,11-13,16,21,24H,1-6H3,(H2,22,23)/b21-12?,25-18-/t13-,16-/m1/s1. The van der Waals surface area contributed by atoms with Crippen LogP contribution in [-0.4, -0.2) is 42.6 Å². The van der Waals surface area contributed by atoms with E-state index in [-0.39, 0.29) is 17.1 Å². The van der Waals surface area contributed by atoms with Crippen molar-refractivity contribution < 1.29 is 4.53 Å². The van der Waals surface area contributed by atoms with Crippen molar-refractivity contribution in [2.75, 3.05) is 5.73 Å². The van der Waals surface area contributed by atoms with Gasteiger partial charge in [0.1, 0.15) is 12.2 Å². The van der Waals surface area contributed by atoms with Crippen LogP contribution in [0.2, 0.25) is 18.1 Å². The number of nitrogens with one attached hydrogen (secondary N) is 2. The third-order valence-corrected chi connectivity index (χ3v) is 9.49. The fourth-order valence-electron chi connectivity index (χ4n) is 2.40. The Bertz CT molecular complexity index is 835. The van der Waals surface area contributed by atoms with Crippen LogP contribution in [-0.2, 0) is 4.53 Å². The molecule has 0 saturated carbocycles. The van der Waals surface area contributed by atoms with Gasteiger partial charge in [0.05, 0.1) is 29.3 Å². The molecule has 2 heterocycles. The van der Waals surface area contributed by atoms with Crippen LogP contribution in [0.15, 0.2) is 35.1 Å². The second-order valence-corrected chi connectivity index (χ2v) is 13.0. The smallest absolute Gasteiger partial charge is 0.229 e. The number of nitriles is 1. The van der Waals surface area contributed by atoms with E-state index in [0.29, 0.717) is 22.8 Å². The first-order valence-electron chi connectivity index (χ1n) is 9.15. The Morgan fingerprint density at radius 2 is 2.21 bits per heavy atom. The van der Waals surface area contributed by atoms with Crippen molar-refractivity contribution >= 4 is 26.3 Å². The molecule has 8 nitrogen and oxygen atoms in total. The van der Waals surface area contributed by atoms with Gasteiger partial charge in [-0.3, -0.25) is 10.4 Å². The van der Waals surface area contributed by atoms with Gasteiger partial charge in [-0.15, -0.1) is 0 Å². The minimum atomic E-state index is -2.24. The van der Waals surface area contributed by atoms with Crippen LogP contribution in [0.5, 0.6) is 0 Å². The average Bonchev–Trinajstić information content (AvgIpc) is 2.57. The molecule has 0 saturated heterocycles. The third-order valence-electron chi connectivity index (χ3n) is 5.23. The molecule has 0 aliphatic carbocycles. The second-order valence-electron chi connectivity index (χ2n) is 8.29. The normalized spacial score (nSPS) is 18.2. The number of nitrogens with zero attached hydrogens (tertiary/aromatic N) is 4. The minimum absolute atomic E-state index is 0.0578. The predicted molar refractivity (Wildman–Crippen MR) is 114 cm³/mol. The molecule has 0 bridgehead atoms. The highest BCUT2D eigenvalue weighted by Gasteiger charge is 2.41. The molecule has 1 aromatic rings. The Morgan fingerprint density at radius 3 is 2.68 bits per heavy atom. The highest BCUT2D eigenvalue weighted by molar-refractivity contribution is 6.74. The van der Waals surface area contributed by atoms with Gasteiger partial charge in [-0.05, 0) is 37.2 Å². The fourth-order valence-corrected chi connectivity index (χ4v) is 3.30. The van der Waals surface area contributed by atoms with Crippen LogP contribution in [0.1, 0.15) is 33.3 Å². The molecule has 2 rings (SSSR count). The Hall–Kier alpha value is -2.70.